The lowest BCUT2D eigenvalue weighted by Gasteiger charge is -2.33. The first-order valence-corrected chi connectivity index (χ1v) is 9.89. The molecule has 2 aromatic heterocycles. The van der Waals surface area contributed by atoms with Gasteiger partial charge in [-0.05, 0) is 46.5 Å². The van der Waals surface area contributed by atoms with Crippen LogP contribution in [0.1, 0.15) is 50.9 Å². The molecule has 2 aromatic rings. The lowest BCUT2D eigenvalue weighted by molar-refractivity contribution is 0.0163. The SMILES string of the molecule is CCOC(=O)c1cnn2ccc(OCC3CCN(C(=O)OC(C)(C)C)CC3)nc12. The fourth-order valence-corrected chi connectivity index (χ4v) is 3.10. The van der Waals surface area contributed by atoms with Gasteiger partial charge in [-0.3, -0.25) is 0 Å². The van der Waals surface area contributed by atoms with E-state index in [1.54, 1.807) is 24.1 Å². The van der Waals surface area contributed by atoms with Crippen LogP contribution in [0.3, 0.4) is 0 Å². The zero-order valence-corrected chi connectivity index (χ0v) is 17.4. The summed E-state index contributed by atoms with van der Waals surface area (Å²) in [6.45, 7) is 9.41. The highest BCUT2D eigenvalue weighted by molar-refractivity contribution is 5.95. The fourth-order valence-electron chi connectivity index (χ4n) is 3.10. The number of likely N-dealkylation sites (tertiary alicyclic amines) is 1. The molecule has 9 heteroatoms. The number of esters is 1. The molecule has 0 radical (unpaired) electrons. The van der Waals surface area contributed by atoms with Gasteiger partial charge in [0.25, 0.3) is 0 Å². The monoisotopic (exact) mass is 404 g/mol. The second kappa shape index (κ2) is 8.67. The molecule has 0 saturated carbocycles. The summed E-state index contributed by atoms with van der Waals surface area (Å²) >= 11 is 0. The Hall–Kier alpha value is -2.84. The van der Waals surface area contributed by atoms with Crippen molar-refractivity contribution in [3.05, 3.63) is 24.0 Å². The summed E-state index contributed by atoms with van der Waals surface area (Å²) in [5.74, 6) is 0.293. The number of piperidine rings is 1. The van der Waals surface area contributed by atoms with Crippen molar-refractivity contribution in [2.24, 2.45) is 5.92 Å². The van der Waals surface area contributed by atoms with E-state index in [1.807, 2.05) is 20.8 Å². The average molecular weight is 404 g/mol. The largest absolute Gasteiger partial charge is 0.477 e. The Labute approximate surface area is 169 Å². The van der Waals surface area contributed by atoms with Crippen LogP contribution in [0.2, 0.25) is 0 Å². The highest BCUT2D eigenvalue weighted by atomic mass is 16.6. The lowest BCUT2D eigenvalue weighted by atomic mass is 9.98. The maximum Gasteiger partial charge on any atom is 0.410 e. The number of hydrogen-bond donors (Lipinski definition) is 0. The van der Waals surface area contributed by atoms with Crippen molar-refractivity contribution in [2.45, 2.75) is 46.1 Å². The van der Waals surface area contributed by atoms with Crippen LogP contribution in [0.4, 0.5) is 4.79 Å². The van der Waals surface area contributed by atoms with Crippen LogP contribution in [0.15, 0.2) is 18.5 Å². The van der Waals surface area contributed by atoms with E-state index < -0.39 is 11.6 Å². The van der Waals surface area contributed by atoms with E-state index in [0.29, 0.717) is 42.7 Å². The van der Waals surface area contributed by atoms with Crippen molar-refractivity contribution in [1.82, 2.24) is 19.5 Å². The van der Waals surface area contributed by atoms with E-state index in [4.69, 9.17) is 14.2 Å². The molecule has 3 heterocycles. The Morgan fingerprint density at radius 1 is 1.24 bits per heavy atom. The second-order valence-electron chi connectivity index (χ2n) is 8.03. The van der Waals surface area contributed by atoms with E-state index in [-0.39, 0.29) is 12.7 Å². The van der Waals surface area contributed by atoms with Gasteiger partial charge in [0.15, 0.2) is 5.65 Å². The summed E-state index contributed by atoms with van der Waals surface area (Å²) in [5, 5.41) is 4.11. The number of carbonyl (C=O) groups is 2. The van der Waals surface area contributed by atoms with Crippen LogP contribution in [-0.4, -0.2) is 63.5 Å². The molecule has 1 saturated heterocycles. The molecule has 3 rings (SSSR count). The van der Waals surface area contributed by atoms with Crippen LogP contribution in [0.5, 0.6) is 5.88 Å². The van der Waals surface area contributed by atoms with Crippen molar-refractivity contribution in [3.8, 4) is 5.88 Å². The maximum atomic E-state index is 12.1. The van der Waals surface area contributed by atoms with Crippen LogP contribution in [0, 0.1) is 5.92 Å². The number of rotatable bonds is 5. The van der Waals surface area contributed by atoms with Gasteiger partial charge in [-0.2, -0.15) is 10.1 Å². The Bertz CT molecular complexity index is 865. The standard InChI is InChI=1S/C20H28N4O5/c1-5-27-18(25)15-12-21-24-11-8-16(22-17(15)24)28-13-14-6-9-23(10-7-14)19(26)29-20(2,3)4/h8,11-12,14H,5-7,9-10,13H2,1-4H3. The predicted octanol–water partition coefficient (Wildman–Crippen LogP) is 2.93. The molecular weight excluding hydrogens is 376 g/mol. The van der Waals surface area contributed by atoms with Crippen molar-refractivity contribution in [1.29, 1.82) is 0 Å². The second-order valence-corrected chi connectivity index (χ2v) is 8.03. The third kappa shape index (κ3) is 5.36. The molecule has 0 aliphatic carbocycles. The van der Waals surface area contributed by atoms with Gasteiger partial charge in [0.05, 0.1) is 19.4 Å². The summed E-state index contributed by atoms with van der Waals surface area (Å²) in [4.78, 5) is 30.3. The molecule has 29 heavy (non-hydrogen) atoms. The lowest BCUT2D eigenvalue weighted by Crippen LogP contribution is -2.42. The number of aromatic nitrogens is 3. The Morgan fingerprint density at radius 3 is 2.62 bits per heavy atom. The minimum atomic E-state index is -0.489. The summed E-state index contributed by atoms with van der Waals surface area (Å²) in [5.41, 5.74) is 0.223. The van der Waals surface area contributed by atoms with Gasteiger partial charge in [0, 0.05) is 25.4 Å². The number of ether oxygens (including phenoxy) is 3. The van der Waals surface area contributed by atoms with Gasteiger partial charge in [-0.15, -0.1) is 0 Å². The first-order valence-electron chi connectivity index (χ1n) is 9.89. The molecule has 0 unspecified atom stereocenters. The summed E-state index contributed by atoms with van der Waals surface area (Å²) in [6, 6.07) is 1.71. The van der Waals surface area contributed by atoms with E-state index in [2.05, 4.69) is 10.1 Å². The molecule has 0 spiro atoms. The molecule has 0 bridgehead atoms. The van der Waals surface area contributed by atoms with Gasteiger partial charge < -0.3 is 19.1 Å². The van der Waals surface area contributed by atoms with Gasteiger partial charge in [-0.1, -0.05) is 0 Å². The van der Waals surface area contributed by atoms with Gasteiger partial charge in [0.1, 0.15) is 11.2 Å². The summed E-state index contributed by atoms with van der Waals surface area (Å²) in [6.07, 6.45) is 4.54. The number of fused-ring (bicyclic) bond motifs is 1. The van der Waals surface area contributed by atoms with Crippen molar-refractivity contribution >= 4 is 17.7 Å². The van der Waals surface area contributed by atoms with E-state index in [1.165, 1.54) is 10.7 Å². The number of amides is 1. The zero-order valence-electron chi connectivity index (χ0n) is 17.4. The van der Waals surface area contributed by atoms with Gasteiger partial charge in [0.2, 0.25) is 5.88 Å². The zero-order chi connectivity index (χ0) is 21.0. The highest BCUT2D eigenvalue weighted by Crippen LogP contribution is 2.21. The van der Waals surface area contributed by atoms with Crippen molar-refractivity contribution in [3.63, 3.8) is 0 Å². The molecule has 158 valence electrons. The summed E-state index contributed by atoms with van der Waals surface area (Å²) in [7, 11) is 0. The third-order valence-electron chi connectivity index (χ3n) is 4.57. The van der Waals surface area contributed by atoms with E-state index >= 15 is 0 Å². The normalized spacial score (nSPS) is 15.4. The maximum absolute atomic E-state index is 12.1. The van der Waals surface area contributed by atoms with Gasteiger partial charge >= 0.3 is 12.1 Å². The van der Waals surface area contributed by atoms with Crippen molar-refractivity contribution < 1.29 is 23.8 Å². The van der Waals surface area contributed by atoms with E-state index in [0.717, 1.165) is 12.8 Å². The minimum absolute atomic E-state index is 0.267. The predicted molar refractivity (Wildman–Crippen MR) is 105 cm³/mol. The first-order chi connectivity index (χ1) is 13.8. The van der Waals surface area contributed by atoms with Crippen LogP contribution in [0.25, 0.3) is 5.65 Å². The van der Waals surface area contributed by atoms with Crippen LogP contribution >= 0.6 is 0 Å². The molecule has 9 nitrogen and oxygen atoms in total. The fraction of sp³-hybridized carbons (Fsp3) is 0.600. The van der Waals surface area contributed by atoms with E-state index in [9.17, 15) is 9.59 Å². The molecule has 1 amide bonds. The Kier molecular flexibility index (Phi) is 6.24. The molecular formula is C20H28N4O5. The molecule has 0 atom stereocenters. The number of nitrogens with zero attached hydrogens (tertiary/aromatic N) is 4. The Morgan fingerprint density at radius 2 is 1.97 bits per heavy atom. The average Bonchev–Trinajstić information content (AvgIpc) is 3.09. The molecule has 0 aromatic carbocycles. The van der Waals surface area contributed by atoms with Crippen LogP contribution in [-0.2, 0) is 9.47 Å². The van der Waals surface area contributed by atoms with Gasteiger partial charge in [-0.25, -0.2) is 14.1 Å². The molecule has 1 fully saturated rings. The van der Waals surface area contributed by atoms with Crippen molar-refractivity contribution in [2.75, 3.05) is 26.3 Å². The topological polar surface area (TPSA) is 95.3 Å². The first kappa shape index (κ1) is 20.9. The molecule has 1 aliphatic heterocycles. The minimum Gasteiger partial charge on any atom is -0.477 e. The summed E-state index contributed by atoms with van der Waals surface area (Å²) < 4.78 is 17.8. The number of hydrogen-bond acceptors (Lipinski definition) is 7. The van der Waals surface area contributed by atoms with Crippen LogP contribution < -0.4 is 4.74 Å². The smallest absolute Gasteiger partial charge is 0.410 e. The highest BCUT2D eigenvalue weighted by Gasteiger charge is 2.27. The third-order valence-corrected chi connectivity index (χ3v) is 4.57. The quantitative estimate of drug-likeness (QED) is 0.707. The molecule has 0 N–H and O–H groups in total. The number of carbonyl (C=O) groups excluding carboxylic acids is 2. The Balaban J connectivity index is 1.54. The molecule has 1 aliphatic rings.